The SMILES string of the molecule is Cl.Fc1cccc(Oc2ccc(CN3CCC(N4CCNCC4)C3)cc2)c1. The number of likely N-dealkylation sites (tertiary alicyclic amines) is 1. The molecule has 2 aromatic carbocycles. The molecule has 0 amide bonds. The molecule has 4 nitrogen and oxygen atoms in total. The van der Waals surface area contributed by atoms with Gasteiger partial charge < -0.3 is 10.1 Å². The van der Waals surface area contributed by atoms with Gasteiger partial charge in [-0.1, -0.05) is 18.2 Å². The van der Waals surface area contributed by atoms with Crippen LogP contribution in [0.15, 0.2) is 48.5 Å². The molecule has 0 bridgehead atoms. The molecule has 2 fully saturated rings. The Kier molecular flexibility index (Phi) is 7.07. The van der Waals surface area contributed by atoms with Gasteiger partial charge in [-0.15, -0.1) is 12.4 Å². The zero-order valence-electron chi connectivity index (χ0n) is 15.4. The van der Waals surface area contributed by atoms with Crippen LogP contribution in [0, 0.1) is 5.82 Å². The molecule has 0 aromatic heterocycles. The summed E-state index contributed by atoms with van der Waals surface area (Å²) in [6.45, 7) is 7.86. The van der Waals surface area contributed by atoms with Crippen LogP contribution in [0.2, 0.25) is 0 Å². The van der Waals surface area contributed by atoms with Gasteiger partial charge in [0.25, 0.3) is 0 Å². The minimum Gasteiger partial charge on any atom is -0.457 e. The van der Waals surface area contributed by atoms with Crippen LogP contribution in [0.3, 0.4) is 0 Å². The Balaban J connectivity index is 0.00000210. The monoisotopic (exact) mass is 391 g/mol. The predicted octanol–water partition coefficient (Wildman–Crippen LogP) is 3.52. The van der Waals surface area contributed by atoms with Gasteiger partial charge in [0.15, 0.2) is 0 Å². The normalized spacial score (nSPS) is 21.0. The largest absolute Gasteiger partial charge is 0.457 e. The van der Waals surface area contributed by atoms with Crippen molar-refractivity contribution in [2.45, 2.75) is 19.0 Å². The van der Waals surface area contributed by atoms with Crippen molar-refractivity contribution in [3.8, 4) is 11.5 Å². The van der Waals surface area contributed by atoms with E-state index in [0.717, 1.165) is 38.5 Å². The number of hydrogen-bond donors (Lipinski definition) is 1. The molecule has 1 atom stereocenters. The van der Waals surface area contributed by atoms with E-state index in [-0.39, 0.29) is 18.2 Å². The third kappa shape index (κ3) is 5.42. The van der Waals surface area contributed by atoms with E-state index in [4.69, 9.17) is 4.74 Å². The van der Waals surface area contributed by atoms with E-state index < -0.39 is 0 Å². The van der Waals surface area contributed by atoms with Gasteiger partial charge in [-0.25, -0.2) is 4.39 Å². The molecule has 2 saturated heterocycles. The Bertz CT molecular complexity index is 722. The molecule has 1 N–H and O–H groups in total. The first-order valence-electron chi connectivity index (χ1n) is 9.46. The van der Waals surface area contributed by atoms with Crippen molar-refractivity contribution in [1.82, 2.24) is 15.1 Å². The van der Waals surface area contributed by atoms with Crippen molar-refractivity contribution in [2.75, 3.05) is 39.3 Å². The van der Waals surface area contributed by atoms with Crippen LogP contribution < -0.4 is 10.1 Å². The Labute approximate surface area is 166 Å². The molecule has 6 heteroatoms. The maximum atomic E-state index is 13.2. The van der Waals surface area contributed by atoms with Crippen LogP contribution in [0.1, 0.15) is 12.0 Å². The number of rotatable bonds is 5. The molecule has 1 unspecified atom stereocenters. The zero-order chi connectivity index (χ0) is 17.8. The van der Waals surface area contributed by atoms with Gasteiger partial charge in [0.2, 0.25) is 0 Å². The number of nitrogens with one attached hydrogen (secondary N) is 1. The molecule has 27 heavy (non-hydrogen) atoms. The summed E-state index contributed by atoms with van der Waals surface area (Å²) in [5.74, 6) is 0.975. The van der Waals surface area contributed by atoms with Crippen molar-refractivity contribution < 1.29 is 9.13 Å². The lowest BCUT2D eigenvalue weighted by Gasteiger charge is -2.32. The summed E-state index contributed by atoms with van der Waals surface area (Å²) in [6, 6.07) is 15.1. The van der Waals surface area contributed by atoms with Gasteiger partial charge >= 0.3 is 0 Å². The van der Waals surface area contributed by atoms with Crippen LogP contribution in [0.25, 0.3) is 0 Å². The van der Waals surface area contributed by atoms with Crippen molar-refractivity contribution in [2.24, 2.45) is 0 Å². The summed E-state index contributed by atoms with van der Waals surface area (Å²) in [5, 5.41) is 3.43. The van der Waals surface area contributed by atoms with Crippen molar-refractivity contribution in [3.63, 3.8) is 0 Å². The molecular formula is C21H27ClFN3O. The fourth-order valence-corrected chi connectivity index (χ4v) is 3.89. The second kappa shape index (κ2) is 9.51. The van der Waals surface area contributed by atoms with Crippen LogP contribution >= 0.6 is 12.4 Å². The fourth-order valence-electron chi connectivity index (χ4n) is 3.89. The van der Waals surface area contributed by atoms with E-state index in [1.807, 2.05) is 12.1 Å². The predicted molar refractivity (Wildman–Crippen MR) is 108 cm³/mol. The van der Waals surface area contributed by atoms with Gasteiger partial charge in [-0.05, 0) is 36.2 Å². The second-order valence-corrected chi connectivity index (χ2v) is 7.17. The van der Waals surface area contributed by atoms with Crippen molar-refractivity contribution in [1.29, 1.82) is 0 Å². The van der Waals surface area contributed by atoms with Gasteiger partial charge in [0.05, 0.1) is 0 Å². The minimum atomic E-state index is -0.285. The number of halogens is 2. The number of benzene rings is 2. The van der Waals surface area contributed by atoms with Gasteiger partial charge in [0.1, 0.15) is 17.3 Å². The molecule has 2 aliphatic rings. The Hall–Kier alpha value is -1.66. The van der Waals surface area contributed by atoms with E-state index in [2.05, 4.69) is 27.2 Å². The zero-order valence-corrected chi connectivity index (χ0v) is 16.3. The maximum absolute atomic E-state index is 13.2. The Morgan fingerprint density at radius 2 is 1.78 bits per heavy atom. The standard InChI is InChI=1S/C21H26FN3O.ClH/c22-18-2-1-3-21(14-18)26-20-6-4-17(5-7-20)15-24-11-8-19(16-24)25-12-9-23-10-13-25;/h1-7,14,19,23H,8-13,15-16H2;1H. The third-order valence-electron chi connectivity index (χ3n) is 5.28. The smallest absolute Gasteiger partial charge is 0.130 e. The Morgan fingerprint density at radius 1 is 1.00 bits per heavy atom. The molecule has 0 saturated carbocycles. The lowest BCUT2D eigenvalue weighted by molar-refractivity contribution is 0.170. The number of ether oxygens (including phenoxy) is 1. The molecule has 0 aliphatic carbocycles. The molecule has 2 aliphatic heterocycles. The minimum absolute atomic E-state index is 0. The van der Waals surface area contributed by atoms with Crippen LogP contribution in [-0.2, 0) is 6.54 Å². The van der Waals surface area contributed by atoms with Crippen LogP contribution in [0.5, 0.6) is 11.5 Å². The lowest BCUT2D eigenvalue weighted by atomic mass is 10.2. The third-order valence-corrected chi connectivity index (χ3v) is 5.28. The summed E-state index contributed by atoms with van der Waals surface area (Å²) in [7, 11) is 0. The number of hydrogen-bond acceptors (Lipinski definition) is 4. The van der Waals surface area contributed by atoms with Gasteiger partial charge in [-0.3, -0.25) is 9.80 Å². The molecular weight excluding hydrogens is 365 g/mol. The van der Waals surface area contributed by atoms with E-state index in [9.17, 15) is 4.39 Å². The first-order valence-corrected chi connectivity index (χ1v) is 9.46. The molecule has 2 heterocycles. The summed E-state index contributed by atoms with van der Waals surface area (Å²) >= 11 is 0. The molecule has 146 valence electrons. The van der Waals surface area contributed by atoms with Crippen molar-refractivity contribution >= 4 is 12.4 Å². The van der Waals surface area contributed by atoms with Crippen LogP contribution in [-0.4, -0.2) is 55.1 Å². The first kappa shape index (κ1) is 20.1. The lowest BCUT2D eigenvalue weighted by Crippen LogP contribution is -2.49. The van der Waals surface area contributed by atoms with E-state index in [0.29, 0.717) is 11.8 Å². The highest BCUT2D eigenvalue weighted by Gasteiger charge is 2.28. The molecule has 0 spiro atoms. The highest BCUT2D eigenvalue weighted by Crippen LogP contribution is 2.24. The average molecular weight is 392 g/mol. The average Bonchev–Trinajstić information content (AvgIpc) is 3.13. The fraction of sp³-hybridized carbons (Fsp3) is 0.429. The quantitative estimate of drug-likeness (QED) is 0.844. The topological polar surface area (TPSA) is 27.7 Å². The second-order valence-electron chi connectivity index (χ2n) is 7.17. The summed E-state index contributed by atoms with van der Waals surface area (Å²) in [5.41, 5.74) is 1.29. The number of nitrogens with zero attached hydrogens (tertiary/aromatic N) is 2. The van der Waals surface area contributed by atoms with E-state index in [1.54, 1.807) is 12.1 Å². The van der Waals surface area contributed by atoms with Crippen molar-refractivity contribution in [3.05, 3.63) is 59.9 Å². The maximum Gasteiger partial charge on any atom is 0.130 e. The molecule has 0 radical (unpaired) electrons. The van der Waals surface area contributed by atoms with Crippen LogP contribution in [0.4, 0.5) is 4.39 Å². The number of piperazine rings is 1. The summed E-state index contributed by atoms with van der Waals surface area (Å²) in [4.78, 5) is 5.17. The highest BCUT2D eigenvalue weighted by atomic mass is 35.5. The highest BCUT2D eigenvalue weighted by molar-refractivity contribution is 5.85. The Morgan fingerprint density at radius 3 is 2.52 bits per heavy atom. The first-order chi connectivity index (χ1) is 12.8. The molecule has 2 aromatic rings. The van der Waals surface area contributed by atoms with Gasteiger partial charge in [0, 0.05) is 57.9 Å². The summed E-state index contributed by atoms with van der Waals surface area (Å²) in [6.07, 6.45) is 1.26. The van der Waals surface area contributed by atoms with E-state index >= 15 is 0 Å². The van der Waals surface area contributed by atoms with E-state index in [1.165, 1.54) is 37.2 Å². The summed E-state index contributed by atoms with van der Waals surface area (Å²) < 4.78 is 18.9. The van der Waals surface area contributed by atoms with Gasteiger partial charge in [-0.2, -0.15) is 0 Å². The molecule has 4 rings (SSSR count).